The van der Waals surface area contributed by atoms with E-state index in [2.05, 4.69) is 45.7 Å². The lowest BCUT2D eigenvalue weighted by molar-refractivity contribution is 0.462. The molecule has 0 aliphatic rings. The smallest absolute Gasteiger partial charge is 0.134 e. The molecule has 1 nitrogen and oxygen atoms in total. The highest BCUT2D eigenvalue weighted by molar-refractivity contribution is 9.10. The average Bonchev–Trinajstić information content (AvgIpc) is 2.41. The SMILES string of the molecule is CC(C)c1cc(Br)ccc1Oc1cccc(F)c1CBr. The van der Waals surface area contributed by atoms with Crippen LogP contribution in [0.5, 0.6) is 11.5 Å². The van der Waals surface area contributed by atoms with Gasteiger partial charge in [0.05, 0.1) is 0 Å². The van der Waals surface area contributed by atoms with Crippen LogP contribution in [0, 0.1) is 5.82 Å². The monoisotopic (exact) mass is 400 g/mol. The van der Waals surface area contributed by atoms with Gasteiger partial charge in [0.1, 0.15) is 17.3 Å². The Labute approximate surface area is 135 Å². The van der Waals surface area contributed by atoms with Gasteiger partial charge >= 0.3 is 0 Å². The predicted molar refractivity (Wildman–Crippen MR) is 87.3 cm³/mol. The zero-order valence-corrected chi connectivity index (χ0v) is 14.5. The zero-order valence-electron chi connectivity index (χ0n) is 11.3. The van der Waals surface area contributed by atoms with Crippen LogP contribution in [0.15, 0.2) is 40.9 Å². The number of halogens is 3. The van der Waals surface area contributed by atoms with Gasteiger partial charge in [-0.3, -0.25) is 0 Å². The minimum absolute atomic E-state index is 0.261. The van der Waals surface area contributed by atoms with Crippen LogP contribution in [-0.4, -0.2) is 0 Å². The molecular formula is C16H15Br2FO. The van der Waals surface area contributed by atoms with Crippen molar-refractivity contribution in [2.45, 2.75) is 25.1 Å². The molecule has 0 unspecified atom stereocenters. The number of rotatable bonds is 4. The fourth-order valence-corrected chi connectivity index (χ4v) is 2.87. The van der Waals surface area contributed by atoms with E-state index in [4.69, 9.17) is 4.74 Å². The first kappa shape index (κ1) is 15.5. The number of alkyl halides is 1. The van der Waals surface area contributed by atoms with Crippen molar-refractivity contribution >= 4 is 31.9 Å². The van der Waals surface area contributed by atoms with E-state index in [0.717, 1.165) is 15.8 Å². The summed E-state index contributed by atoms with van der Waals surface area (Å²) in [5.41, 5.74) is 1.62. The Morgan fingerprint density at radius 1 is 1.15 bits per heavy atom. The van der Waals surface area contributed by atoms with Crippen molar-refractivity contribution in [1.82, 2.24) is 0 Å². The third-order valence-corrected chi connectivity index (χ3v) is 4.08. The number of hydrogen-bond acceptors (Lipinski definition) is 1. The van der Waals surface area contributed by atoms with Gasteiger partial charge in [-0.25, -0.2) is 4.39 Å². The van der Waals surface area contributed by atoms with E-state index in [9.17, 15) is 4.39 Å². The molecule has 0 bridgehead atoms. The molecule has 2 rings (SSSR count). The van der Waals surface area contributed by atoms with Gasteiger partial charge in [-0.05, 0) is 41.8 Å². The molecule has 0 saturated heterocycles. The Hall–Kier alpha value is -0.870. The molecule has 0 aliphatic carbocycles. The molecule has 2 aromatic carbocycles. The molecule has 106 valence electrons. The van der Waals surface area contributed by atoms with E-state index >= 15 is 0 Å². The van der Waals surface area contributed by atoms with E-state index in [-0.39, 0.29) is 5.82 Å². The van der Waals surface area contributed by atoms with Gasteiger partial charge < -0.3 is 4.74 Å². The third kappa shape index (κ3) is 3.41. The number of ether oxygens (including phenoxy) is 1. The molecule has 2 aromatic rings. The average molecular weight is 402 g/mol. The van der Waals surface area contributed by atoms with Crippen LogP contribution in [0.4, 0.5) is 4.39 Å². The standard InChI is InChI=1S/C16H15Br2FO/c1-10(2)12-8-11(18)6-7-16(12)20-15-5-3-4-14(19)13(15)9-17/h3-8,10H,9H2,1-2H3. The molecule has 0 heterocycles. The highest BCUT2D eigenvalue weighted by Gasteiger charge is 2.13. The van der Waals surface area contributed by atoms with Crippen molar-refractivity contribution in [1.29, 1.82) is 0 Å². The molecule has 0 N–H and O–H groups in total. The highest BCUT2D eigenvalue weighted by Crippen LogP contribution is 2.35. The molecule has 0 saturated carbocycles. The molecule has 0 aromatic heterocycles. The van der Waals surface area contributed by atoms with Crippen LogP contribution >= 0.6 is 31.9 Å². The summed E-state index contributed by atoms with van der Waals surface area (Å²) in [5.74, 6) is 1.37. The van der Waals surface area contributed by atoms with Crippen LogP contribution in [-0.2, 0) is 5.33 Å². The maximum atomic E-state index is 13.8. The topological polar surface area (TPSA) is 9.23 Å². The van der Waals surface area contributed by atoms with E-state index in [1.54, 1.807) is 12.1 Å². The fraction of sp³-hybridized carbons (Fsp3) is 0.250. The van der Waals surface area contributed by atoms with Crippen LogP contribution in [0.3, 0.4) is 0 Å². The lowest BCUT2D eigenvalue weighted by Crippen LogP contribution is -1.97. The van der Waals surface area contributed by atoms with Gasteiger partial charge in [0.2, 0.25) is 0 Å². The first-order valence-corrected chi connectivity index (χ1v) is 8.25. The minimum atomic E-state index is -0.261. The Morgan fingerprint density at radius 3 is 2.55 bits per heavy atom. The van der Waals surface area contributed by atoms with Crippen molar-refractivity contribution in [2.24, 2.45) is 0 Å². The zero-order chi connectivity index (χ0) is 14.7. The van der Waals surface area contributed by atoms with Crippen LogP contribution in [0.25, 0.3) is 0 Å². The molecule has 4 heteroatoms. The van der Waals surface area contributed by atoms with E-state index in [1.165, 1.54) is 6.07 Å². The van der Waals surface area contributed by atoms with Crippen molar-refractivity contribution in [2.75, 3.05) is 0 Å². The van der Waals surface area contributed by atoms with E-state index in [0.29, 0.717) is 22.6 Å². The molecule has 0 atom stereocenters. The second-order valence-corrected chi connectivity index (χ2v) is 6.27. The summed E-state index contributed by atoms with van der Waals surface area (Å²) < 4.78 is 20.7. The molecule has 0 fully saturated rings. The van der Waals surface area contributed by atoms with Gasteiger partial charge in [-0.2, -0.15) is 0 Å². The van der Waals surface area contributed by atoms with Gasteiger partial charge in [0.15, 0.2) is 0 Å². The molecule has 0 spiro atoms. The van der Waals surface area contributed by atoms with Crippen LogP contribution in [0.2, 0.25) is 0 Å². The fourth-order valence-electron chi connectivity index (χ4n) is 1.95. The van der Waals surface area contributed by atoms with Gasteiger partial charge in [0.25, 0.3) is 0 Å². The predicted octanol–water partition coefficient (Wildman–Crippen LogP) is 6.40. The van der Waals surface area contributed by atoms with Gasteiger partial charge in [-0.1, -0.05) is 51.8 Å². The molecule has 0 radical (unpaired) electrons. The Bertz CT molecular complexity index is 611. The first-order valence-electron chi connectivity index (χ1n) is 6.33. The lowest BCUT2D eigenvalue weighted by atomic mass is 10.0. The summed E-state index contributed by atoms with van der Waals surface area (Å²) in [5, 5.41) is 0.419. The quantitative estimate of drug-likeness (QED) is 0.538. The van der Waals surface area contributed by atoms with E-state index in [1.807, 2.05) is 18.2 Å². The van der Waals surface area contributed by atoms with Gasteiger partial charge in [0, 0.05) is 15.4 Å². The largest absolute Gasteiger partial charge is 0.457 e. The molecule has 0 amide bonds. The Kier molecular flexibility index (Phi) is 5.22. The lowest BCUT2D eigenvalue weighted by Gasteiger charge is -2.16. The highest BCUT2D eigenvalue weighted by atomic mass is 79.9. The maximum Gasteiger partial charge on any atom is 0.134 e. The number of benzene rings is 2. The Morgan fingerprint density at radius 2 is 1.90 bits per heavy atom. The summed E-state index contributed by atoms with van der Waals surface area (Å²) in [7, 11) is 0. The summed E-state index contributed by atoms with van der Waals surface area (Å²) in [6.07, 6.45) is 0. The molecule has 0 aliphatic heterocycles. The van der Waals surface area contributed by atoms with Crippen LogP contribution < -0.4 is 4.74 Å². The number of hydrogen-bond donors (Lipinski definition) is 0. The summed E-state index contributed by atoms with van der Waals surface area (Å²) >= 11 is 6.77. The van der Waals surface area contributed by atoms with Gasteiger partial charge in [-0.15, -0.1) is 0 Å². The van der Waals surface area contributed by atoms with Crippen molar-refractivity contribution in [3.63, 3.8) is 0 Å². The second-order valence-electron chi connectivity index (χ2n) is 4.79. The molecule has 20 heavy (non-hydrogen) atoms. The molecular weight excluding hydrogens is 387 g/mol. The van der Waals surface area contributed by atoms with Crippen molar-refractivity contribution in [3.8, 4) is 11.5 Å². The first-order chi connectivity index (χ1) is 9.52. The van der Waals surface area contributed by atoms with E-state index < -0.39 is 0 Å². The second kappa shape index (κ2) is 6.72. The Balaban J connectivity index is 2.42. The summed E-state index contributed by atoms with van der Waals surface area (Å²) in [4.78, 5) is 0. The summed E-state index contributed by atoms with van der Waals surface area (Å²) in [6.45, 7) is 4.21. The third-order valence-electron chi connectivity index (χ3n) is 3.02. The minimum Gasteiger partial charge on any atom is -0.457 e. The summed E-state index contributed by atoms with van der Waals surface area (Å²) in [6, 6.07) is 10.7. The normalized spacial score (nSPS) is 10.9. The maximum absolute atomic E-state index is 13.8. The van der Waals surface area contributed by atoms with Crippen molar-refractivity contribution in [3.05, 3.63) is 57.8 Å². The van der Waals surface area contributed by atoms with Crippen LogP contribution in [0.1, 0.15) is 30.9 Å². The van der Waals surface area contributed by atoms with Crippen molar-refractivity contribution < 1.29 is 9.13 Å².